The molecule has 2 N–H and O–H groups in total. The zero-order valence-corrected chi connectivity index (χ0v) is 27.9. The normalized spacial score (nSPS) is 17.1. The van der Waals surface area contributed by atoms with Gasteiger partial charge in [-0.2, -0.15) is 9.97 Å². The number of benzene rings is 1. The van der Waals surface area contributed by atoms with Crippen molar-refractivity contribution in [1.29, 1.82) is 0 Å². The second kappa shape index (κ2) is 12.9. The average molecular weight is 631 g/mol. The van der Waals surface area contributed by atoms with Crippen molar-refractivity contribution in [3.8, 4) is 5.88 Å². The maximum atomic E-state index is 13.4. The molecule has 45 heavy (non-hydrogen) atoms. The topological polar surface area (TPSA) is 125 Å². The number of pyridine rings is 1. The number of aryl methyl sites for hydroxylation is 2. The molecule has 6 rings (SSSR count). The summed E-state index contributed by atoms with van der Waals surface area (Å²) in [6.07, 6.45) is 7.28. The Hall–Kier alpha value is -3.86. The summed E-state index contributed by atoms with van der Waals surface area (Å²) < 4.78 is 19.1. The van der Waals surface area contributed by atoms with E-state index in [4.69, 9.17) is 14.7 Å². The van der Waals surface area contributed by atoms with Gasteiger partial charge in [-0.15, -0.1) is 0 Å². The Morgan fingerprint density at radius 3 is 2.33 bits per heavy atom. The highest BCUT2D eigenvalue weighted by molar-refractivity contribution is 7.71. The lowest BCUT2D eigenvalue weighted by Crippen LogP contribution is -2.52. The molecule has 2 fully saturated rings. The van der Waals surface area contributed by atoms with E-state index in [1.54, 1.807) is 39.0 Å². The first-order valence-electron chi connectivity index (χ1n) is 15.5. The zero-order valence-electron chi connectivity index (χ0n) is 27.0. The molecule has 1 aromatic carbocycles. The Labute approximate surface area is 265 Å². The molecule has 2 saturated heterocycles. The summed E-state index contributed by atoms with van der Waals surface area (Å²) in [5, 5.41) is 7.36. The number of likely N-dealkylation sites (N-methyl/N-ethyl adjacent to an activating group) is 1. The zero-order chi connectivity index (χ0) is 31.7. The van der Waals surface area contributed by atoms with Gasteiger partial charge in [0.25, 0.3) is 0 Å². The fourth-order valence-corrected chi connectivity index (χ4v) is 7.72. The summed E-state index contributed by atoms with van der Waals surface area (Å²) in [6.45, 7) is 14.0. The first-order valence-corrected chi connectivity index (χ1v) is 18.1. The van der Waals surface area contributed by atoms with E-state index in [0.29, 0.717) is 51.4 Å². The van der Waals surface area contributed by atoms with Crippen LogP contribution in [-0.4, -0.2) is 108 Å². The number of nitrogens with one attached hydrogen (secondary N) is 2. The van der Waals surface area contributed by atoms with Crippen LogP contribution in [0.15, 0.2) is 36.8 Å². The van der Waals surface area contributed by atoms with Crippen molar-refractivity contribution in [3.05, 3.63) is 47.9 Å². The van der Waals surface area contributed by atoms with E-state index in [1.165, 1.54) is 0 Å². The molecule has 5 heterocycles. The molecule has 12 nitrogen and oxygen atoms in total. The second-order valence-corrected chi connectivity index (χ2v) is 15.6. The number of piperazine rings is 1. The fourth-order valence-electron chi connectivity index (χ4n) is 6.33. The number of rotatable bonds is 8. The highest BCUT2D eigenvalue weighted by Gasteiger charge is 2.28. The summed E-state index contributed by atoms with van der Waals surface area (Å²) >= 11 is 0. The first-order chi connectivity index (χ1) is 21.6. The number of hydrogen-bond acceptors (Lipinski definition) is 12. The van der Waals surface area contributed by atoms with Crippen molar-refractivity contribution >= 4 is 52.4 Å². The molecule has 0 amide bonds. The number of aromatic nitrogens is 5. The van der Waals surface area contributed by atoms with Gasteiger partial charge in [-0.3, -0.25) is 14.9 Å². The number of nitrogens with zero attached hydrogens (tertiary/aromatic N) is 8. The Kier molecular flexibility index (Phi) is 8.90. The van der Waals surface area contributed by atoms with Crippen molar-refractivity contribution in [2.75, 3.05) is 82.3 Å². The van der Waals surface area contributed by atoms with Gasteiger partial charge in [-0.1, -0.05) is 0 Å². The summed E-state index contributed by atoms with van der Waals surface area (Å²) in [5.41, 5.74) is 4.58. The number of hydrogen-bond donors (Lipinski definition) is 2. The Bertz CT molecular complexity index is 1730. The van der Waals surface area contributed by atoms with Gasteiger partial charge in [-0.05, 0) is 70.8 Å². The van der Waals surface area contributed by atoms with Gasteiger partial charge in [0.1, 0.15) is 30.0 Å². The molecule has 0 radical (unpaired) electrons. The van der Waals surface area contributed by atoms with E-state index in [-0.39, 0.29) is 0 Å². The minimum absolute atomic E-state index is 0.390. The van der Waals surface area contributed by atoms with Crippen LogP contribution in [0.2, 0.25) is 0 Å². The molecule has 0 unspecified atom stereocenters. The van der Waals surface area contributed by atoms with Crippen molar-refractivity contribution in [2.45, 2.75) is 32.7 Å². The molecule has 2 aliphatic heterocycles. The third-order valence-corrected chi connectivity index (χ3v) is 10.3. The van der Waals surface area contributed by atoms with Crippen molar-refractivity contribution < 1.29 is 9.30 Å². The van der Waals surface area contributed by atoms with E-state index in [0.717, 1.165) is 69.1 Å². The Morgan fingerprint density at radius 2 is 1.62 bits per heavy atom. The van der Waals surface area contributed by atoms with Gasteiger partial charge in [0.05, 0.1) is 23.6 Å². The number of methoxy groups -OCH3 is 1. The molecular weight excluding hydrogens is 587 g/mol. The number of fused-ring (bicyclic) bond motifs is 1. The Balaban J connectivity index is 1.21. The predicted molar refractivity (Wildman–Crippen MR) is 182 cm³/mol. The second-order valence-electron chi connectivity index (χ2n) is 12.5. The largest absolute Gasteiger partial charge is 0.479 e. The van der Waals surface area contributed by atoms with Gasteiger partial charge in [0.15, 0.2) is 0 Å². The standard InChI is InChI=1S/C32H43N10O2P/c1-21-19-26(31(44-4)39-30(21)42-13-9-23(10-14-42)41-17-15-40(3)16-18-41)37-32-35-20-22(2)29(38-32)36-25-8-7-24-27(34-12-11-33-24)28(25)45(5,6)43/h7-8,11-12,19-20,23H,9-10,13-18H2,1-6H3,(H2,35,36,37,38). The predicted octanol–water partition coefficient (Wildman–Crippen LogP) is 4.39. The molecule has 13 heteroatoms. The van der Waals surface area contributed by atoms with Crippen LogP contribution in [0.5, 0.6) is 5.88 Å². The van der Waals surface area contributed by atoms with E-state index in [2.05, 4.69) is 60.3 Å². The summed E-state index contributed by atoms with van der Waals surface area (Å²) in [4.78, 5) is 30.6. The average Bonchev–Trinajstić information content (AvgIpc) is 3.02. The van der Waals surface area contributed by atoms with Gasteiger partial charge < -0.3 is 29.7 Å². The Morgan fingerprint density at radius 1 is 0.889 bits per heavy atom. The molecule has 3 aromatic heterocycles. The van der Waals surface area contributed by atoms with Crippen LogP contribution < -0.4 is 25.6 Å². The molecule has 4 aromatic rings. The molecule has 0 bridgehead atoms. The van der Waals surface area contributed by atoms with Crippen LogP contribution in [0.25, 0.3) is 11.0 Å². The maximum Gasteiger partial charge on any atom is 0.239 e. The van der Waals surface area contributed by atoms with Crippen LogP contribution in [0.4, 0.5) is 29.0 Å². The smallest absolute Gasteiger partial charge is 0.239 e. The van der Waals surface area contributed by atoms with Crippen LogP contribution >= 0.6 is 7.14 Å². The lowest BCUT2D eigenvalue weighted by atomic mass is 10.0. The first kappa shape index (κ1) is 31.1. The number of piperidine rings is 1. The molecule has 0 saturated carbocycles. The maximum absolute atomic E-state index is 13.4. The van der Waals surface area contributed by atoms with Gasteiger partial charge in [0.2, 0.25) is 11.8 Å². The fraction of sp³-hybridized carbons (Fsp3) is 0.469. The summed E-state index contributed by atoms with van der Waals surface area (Å²) in [7, 11) is 1.11. The van der Waals surface area contributed by atoms with E-state index < -0.39 is 7.14 Å². The van der Waals surface area contributed by atoms with Gasteiger partial charge >= 0.3 is 0 Å². The van der Waals surface area contributed by atoms with E-state index >= 15 is 0 Å². The van der Waals surface area contributed by atoms with Crippen LogP contribution in [-0.2, 0) is 4.57 Å². The molecule has 0 spiro atoms. The van der Waals surface area contributed by atoms with Crippen molar-refractivity contribution in [1.82, 2.24) is 34.7 Å². The van der Waals surface area contributed by atoms with Gasteiger partial charge in [0, 0.05) is 69.5 Å². The van der Waals surface area contributed by atoms with Crippen LogP contribution in [0.1, 0.15) is 24.0 Å². The third kappa shape index (κ3) is 6.73. The third-order valence-electron chi connectivity index (χ3n) is 8.79. The minimum Gasteiger partial charge on any atom is -0.479 e. The lowest BCUT2D eigenvalue weighted by molar-refractivity contribution is 0.0981. The summed E-state index contributed by atoms with van der Waals surface area (Å²) in [6, 6.07) is 6.44. The molecule has 2 aliphatic rings. The van der Waals surface area contributed by atoms with E-state index in [9.17, 15) is 4.57 Å². The van der Waals surface area contributed by atoms with Crippen molar-refractivity contribution in [3.63, 3.8) is 0 Å². The van der Waals surface area contributed by atoms with Crippen LogP contribution in [0, 0.1) is 13.8 Å². The molecule has 0 aliphatic carbocycles. The highest BCUT2D eigenvalue weighted by atomic mass is 31.2. The quantitative estimate of drug-likeness (QED) is 0.268. The van der Waals surface area contributed by atoms with E-state index in [1.807, 2.05) is 19.1 Å². The minimum atomic E-state index is -2.72. The molecule has 238 valence electrons. The van der Waals surface area contributed by atoms with Crippen LogP contribution in [0.3, 0.4) is 0 Å². The number of ether oxygens (including phenoxy) is 1. The number of anilines is 5. The molecule has 0 atom stereocenters. The monoisotopic (exact) mass is 630 g/mol. The highest BCUT2D eigenvalue weighted by Crippen LogP contribution is 2.41. The summed E-state index contributed by atoms with van der Waals surface area (Å²) in [5.74, 6) is 2.43. The SMILES string of the molecule is COc1nc(N2CCC(N3CCN(C)CC3)CC2)c(C)cc1Nc1ncc(C)c(Nc2ccc3nccnc3c2P(C)(C)=O)n1. The lowest BCUT2D eigenvalue weighted by Gasteiger charge is -2.42. The molecular formula is C32H43N10O2P. The van der Waals surface area contributed by atoms with Crippen molar-refractivity contribution in [2.24, 2.45) is 0 Å². The van der Waals surface area contributed by atoms with Gasteiger partial charge in [-0.25, -0.2) is 4.98 Å².